The minimum Gasteiger partial charge on any atom is -0.492 e. The van der Waals surface area contributed by atoms with Crippen LogP contribution in [0.5, 0.6) is 17.5 Å². The maximum absolute atomic E-state index is 10.9. The van der Waals surface area contributed by atoms with Crippen molar-refractivity contribution in [3.8, 4) is 39.8 Å². The molecular formula is C38H42N2O8. The molecular weight excluding hydrogens is 612 g/mol. The summed E-state index contributed by atoms with van der Waals surface area (Å²) in [6.45, 7) is 3.22. The Morgan fingerprint density at radius 1 is 0.958 bits per heavy atom. The van der Waals surface area contributed by atoms with Crippen molar-refractivity contribution in [3.05, 3.63) is 95.1 Å². The average Bonchev–Trinajstić information content (AvgIpc) is 3.48. The second-order valence-corrected chi connectivity index (χ2v) is 11.9. The van der Waals surface area contributed by atoms with Gasteiger partial charge in [-0.1, -0.05) is 48.5 Å². The van der Waals surface area contributed by atoms with Crippen LogP contribution in [-0.2, 0) is 22.4 Å². The number of carbonyl (C=O) groups is 2. The Hall–Kier alpha value is -4.93. The summed E-state index contributed by atoms with van der Waals surface area (Å²) in [4.78, 5) is 26.2. The molecule has 1 heterocycles. The fourth-order valence-corrected chi connectivity index (χ4v) is 6.21. The first kappa shape index (κ1) is 34.4. The zero-order valence-corrected chi connectivity index (χ0v) is 27.3. The highest BCUT2D eigenvalue weighted by Gasteiger charge is 2.28. The van der Waals surface area contributed by atoms with Crippen LogP contribution in [0.3, 0.4) is 0 Å². The van der Waals surface area contributed by atoms with Gasteiger partial charge < -0.3 is 34.8 Å². The van der Waals surface area contributed by atoms with E-state index in [9.17, 15) is 14.7 Å². The van der Waals surface area contributed by atoms with Gasteiger partial charge in [-0.2, -0.15) is 4.98 Å². The Balaban J connectivity index is 1.25. The molecule has 0 radical (unpaired) electrons. The van der Waals surface area contributed by atoms with Crippen molar-refractivity contribution < 1.29 is 39.1 Å². The highest BCUT2D eigenvalue weighted by Crippen LogP contribution is 2.42. The lowest BCUT2D eigenvalue weighted by atomic mass is 9.89. The molecule has 0 saturated heterocycles. The number of fused-ring (bicyclic) bond motifs is 1. The number of aliphatic carboxylic acids is 2. The van der Waals surface area contributed by atoms with E-state index in [1.807, 2.05) is 36.4 Å². The number of rotatable bonds is 17. The van der Waals surface area contributed by atoms with Crippen molar-refractivity contribution in [2.45, 2.75) is 57.7 Å². The topological polar surface area (TPSA) is 147 Å². The summed E-state index contributed by atoms with van der Waals surface area (Å²) >= 11 is 0. The van der Waals surface area contributed by atoms with Crippen LogP contribution in [0.25, 0.3) is 22.3 Å². The number of aryl methyl sites for hydroxylation is 1. The number of carboxylic acids is 2. The molecule has 1 aliphatic carbocycles. The average molecular weight is 655 g/mol. The number of aromatic nitrogens is 1. The van der Waals surface area contributed by atoms with Crippen LogP contribution >= 0.6 is 0 Å². The van der Waals surface area contributed by atoms with E-state index in [2.05, 4.69) is 53.6 Å². The largest absolute Gasteiger partial charge is 0.492 e. The number of carboxylic acid groups (broad SMARTS) is 2. The third kappa shape index (κ3) is 8.70. The minimum absolute atomic E-state index is 0.0960. The lowest BCUT2D eigenvalue weighted by Crippen LogP contribution is -2.31. The smallest absolute Gasteiger partial charge is 0.306 e. The number of nitrogens with zero attached hydrogens (tertiary/aromatic N) is 1. The molecule has 0 amide bonds. The van der Waals surface area contributed by atoms with Gasteiger partial charge in [0.15, 0.2) is 0 Å². The number of ether oxygens (including phenoxy) is 3. The van der Waals surface area contributed by atoms with Gasteiger partial charge in [-0.05, 0) is 89.8 Å². The Labute approximate surface area is 280 Å². The van der Waals surface area contributed by atoms with Gasteiger partial charge in [0.05, 0.1) is 19.6 Å². The summed E-state index contributed by atoms with van der Waals surface area (Å²) in [5.41, 5.74) is 9.04. The van der Waals surface area contributed by atoms with Crippen molar-refractivity contribution in [1.82, 2.24) is 10.3 Å². The van der Waals surface area contributed by atoms with Crippen LogP contribution in [0.2, 0.25) is 0 Å². The second-order valence-electron chi connectivity index (χ2n) is 11.9. The van der Waals surface area contributed by atoms with Crippen LogP contribution in [-0.4, -0.2) is 65.2 Å². The van der Waals surface area contributed by atoms with Crippen LogP contribution in [0, 0.1) is 6.92 Å². The molecule has 4 N–H and O–H groups in total. The number of hydrogen-bond donors (Lipinski definition) is 4. The van der Waals surface area contributed by atoms with Gasteiger partial charge >= 0.3 is 11.9 Å². The molecule has 0 spiro atoms. The number of aliphatic hydroxyl groups is 1. The van der Waals surface area contributed by atoms with E-state index in [1.165, 1.54) is 22.3 Å². The predicted molar refractivity (Wildman–Crippen MR) is 182 cm³/mol. The summed E-state index contributed by atoms with van der Waals surface area (Å²) in [6, 6.07) is 24.5. The van der Waals surface area contributed by atoms with Gasteiger partial charge in [0.25, 0.3) is 0 Å². The number of methoxy groups -OCH3 is 1. The van der Waals surface area contributed by atoms with Gasteiger partial charge in [-0.25, -0.2) is 0 Å². The molecule has 10 heteroatoms. The zero-order valence-electron chi connectivity index (χ0n) is 27.3. The molecule has 0 saturated carbocycles. The lowest BCUT2D eigenvalue weighted by Gasteiger charge is -2.18. The molecule has 1 aliphatic rings. The zero-order chi connectivity index (χ0) is 34.0. The van der Waals surface area contributed by atoms with Gasteiger partial charge in [-0.3, -0.25) is 9.59 Å². The molecule has 252 valence electrons. The first-order valence-corrected chi connectivity index (χ1v) is 16.2. The third-order valence-corrected chi connectivity index (χ3v) is 8.55. The molecule has 2 atom stereocenters. The van der Waals surface area contributed by atoms with E-state index in [4.69, 9.17) is 24.4 Å². The number of aliphatic hydroxyl groups excluding tert-OH is 1. The predicted octanol–water partition coefficient (Wildman–Crippen LogP) is 6.01. The normalized spacial score (nSPS) is 14.3. The highest BCUT2D eigenvalue weighted by molar-refractivity contribution is 5.80. The van der Waals surface area contributed by atoms with Gasteiger partial charge in [0.2, 0.25) is 11.8 Å². The van der Waals surface area contributed by atoms with E-state index in [1.54, 1.807) is 7.11 Å². The number of nitrogens with one attached hydrogen (secondary N) is 1. The molecule has 48 heavy (non-hydrogen) atoms. The van der Waals surface area contributed by atoms with Gasteiger partial charge in [0.1, 0.15) is 18.5 Å². The molecule has 4 aromatic rings. The van der Waals surface area contributed by atoms with E-state index < -0.39 is 18.0 Å². The minimum atomic E-state index is -1.03. The van der Waals surface area contributed by atoms with Gasteiger partial charge in [0, 0.05) is 31.1 Å². The summed E-state index contributed by atoms with van der Waals surface area (Å²) < 4.78 is 17.7. The quantitative estimate of drug-likeness (QED) is 0.0998. The van der Waals surface area contributed by atoms with Crippen molar-refractivity contribution >= 4 is 11.9 Å². The van der Waals surface area contributed by atoms with Crippen molar-refractivity contribution in [3.63, 3.8) is 0 Å². The molecule has 5 rings (SSSR count). The molecule has 0 bridgehead atoms. The van der Waals surface area contributed by atoms with E-state index in [-0.39, 0.29) is 25.5 Å². The Bertz CT molecular complexity index is 1720. The maximum Gasteiger partial charge on any atom is 0.306 e. The van der Waals surface area contributed by atoms with Crippen LogP contribution < -0.4 is 19.5 Å². The van der Waals surface area contributed by atoms with Crippen LogP contribution in [0.1, 0.15) is 54.0 Å². The third-order valence-electron chi connectivity index (χ3n) is 8.55. The highest BCUT2D eigenvalue weighted by atomic mass is 16.5. The molecule has 10 nitrogen and oxygen atoms in total. The van der Waals surface area contributed by atoms with Crippen LogP contribution in [0.4, 0.5) is 0 Å². The monoisotopic (exact) mass is 654 g/mol. The molecule has 3 aromatic carbocycles. The van der Waals surface area contributed by atoms with Crippen molar-refractivity contribution in [2.75, 3.05) is 26.8 Å². The number of pyridine rings is 1. The standard InChI is InChI=1S/C38H42N2O8/c1-24-29(25-12-15-28(16-13-25)47-21-20-39-23-27(41)22-37(44)45)7-4-8-30(24)31-9-5-10-33-32(31)17-18-34(33)48-35-19-14-26(38(40-35)46-2)6-3-11-36(42)43/h4-5,7-10,12-16,19,27,34,39,41H,3,6,11,17-18,20-23H2,1-2H3,(H,42,43)(H,44,45)/t27-,34-/m0/s1. The molecule has 0 aliphatic heterocycles. The lowest BCUT2D eigenvalue weighted by molar-refractivity contribution is -0.139. The summed E-state index contributed by atoms with van der Waals surface area (Å²) in [6.07, 6.45) is 1.52. The van der Waals surface area contributed by atoms with Crippen molar-refractivity contribution in [2.24, 2.45) is 0 Å². The Morgan fingerprint density at radius 2 is 1.71 bits per heavy atom. The van der Waals surface area contributed by atoms with E-state index in [0.717, 1.165) is 40.8 Å². The first-order chi connectivity index (χ1) is 23.2. The SMILES string of the molecule is COc1nc(O[C@H]2CCc3c(-c4cccc(-c5ccc(OCCNC[C@@H](O)CC(=O)O)cc5)c4C)cccc32)ccc1CCCC(=O)O. The van der Waals surface area contributed by atoms with Crippen LogP contribution in [0.15, 0.2) is 72.8 Å². The number of hydrogen-bond acceptors (Lipinski definition) is 8. The molecule has 0 unspecified atom stereocenters. The summed E-state index contributed by atoms with van der Waals surface area (Å²) in [5.74, 6) is -0.180. The Morgan fingerprint density at radius 3 is 2.46 bits per heavy atom. The van der Waals surface area contributed by atoms with E-state index in [0.29, 0.717) is 37.8 Å². The van der Waals surface area contributed by atoms with E-state index >= 15 is 0 Å². The molecule has 0 fully saturated rings. The van der Waals surface area contributed by atoms with Crippen molar-refractivity contribution in [1.29, 1.82) is 0 Å². The Kier molecular flexibility index (Phi) is 11.7. The molecule has 1 aromatic heterocycles. The summed E-state index contributed by atoms with van der Waals surface area (Å²) in [7, 11) is 1.56. The second kappa shape index (κ2) is 16.3. The first-order valence-electron chi connectivity index (χ1n) is 16.2. The maximum atomic E-state index is 10.9. The summed E-state index contributed by atoms with van der Waals surface area (Å²) in [5, 5.41) is 30.3. The fraction of sp³-hybridized carbons (Fsp3) is 0.342. The van der Waals surface area contributed by atoms with Gasteiger partial charge in [-0.15, -0.1) is 0 Å². The fourth-order valence-electron chi connectivity index (χ4n) is 6.21. The number of benzene rings is 3.